The first-order chi connectivity index (χ1) is 6.24. The van der Waals surface area contributed by atoms with Crippen LogP contribution in [-0.4, -0.2) is 6.54 Å². The second kappa shape index (κ2) is 5.02. The molecule has 0 saturated heterocycles. The molecule has 0 saturated carbocycles. The summed E-state index contributed by atoms with van der Waals surface area (Å²) in [5.74, 6) is -0.229. The molecule has 1 nitrogen and oxygen atoms in total. The van der Waals surface area contributed by atoms with Gasteiger partial charge in [-0.15, -0.1) is 0 Å². The molecule has 0 heterocycles. The smallest absolute Gasteiger partial charge is 0.146 e. The molecular formula is C10H11BrFN. The van der Waals surface area contributed by atoms with Gasteiger partial charge in [-0.25, -0.2) is 4.39 Å². The fourth-order valence-electron chi connectivity index (χ4n) is 0.920. The molecule has 0 spiro atoms. The van der Waals surface area contributed by atoms with Crippen molar-refractivity contribution < 1.29 is 4.39 Å². The zero-order valence-corrected chi connectivity index (χ0v) is 8.94. The van der Waals surface area contributed by atoms with Crippen LogP contribution in [0.1, 0.15) is 6.92 Å². The van der Waals surface area contributed by atoms with E-state index in [1.807, 2.05) is 19.1 Å². The molecule has 1 aromatic rings. The number of hydrogen-bond acceptors (Lipinski definition) is 1. The third kappa shape index (κ3) is 3.19. The summed E-state index contributed by atoms with van der Waals surface area (Å²) in [6.45, 7) is 2.57. The molecule has 0 aliphatic rings. The van der Waals surface area contributed by atoms with Gasteiger partial charge in [0.25, 0.3) is 0 Å². The minimum absolute atomic E-state index is 0.229. The highest BCUT2D eigenvalue weighted by atomic mass is 79.9. The van der Waals surface area contributed by atoms with Crippen LogP contribution < -0.4 is 5.32 Å². The van der Waals surface area contributed by atoms with E-state index < -0.39 is 0 Å². The zero-order valence-electron chi connectivity index (χ0n) is 7.35. The van der Waals surface area contributed by atoms with Gasteiger partial charge in [-0.05, 0) is 25.1 Å². The summed E-state index contributed by atoms with van der Waals surface area (Å²) in [6, 6.07) is 4.83. The van der Waals surface area contributed by atoms with Crippen LogP contribution in [0.3, 0.4) is 0 Å². The average Bonchev–Trinajstić information content (AvgIpc) is 2.11. The van der Waals surface area contributed by atoms with E-state index in [2.05, 4.69) is 21.2 Å². The lowest BCUT2D eigenvalue weighted by Gasteiger charge is -2.04. The van der Waals surface area contributed by atoms with Crippen molar-refractivity contribution in [3.8, 4) is 0 Å². The minimum atomic E-state index is -0.229. The molecule has 13 heavy (non-hydrogen) atoms. The Labute approximate surface area is 85.8 Å². The lowest BCUT2D eigenvalue weighted by molar-refractivity contribution is 0.630. The van der Waals surface area contributed by atoms with Gasteiger partial charge in [0.2, 0.25) is 0 Å². The Hall–Kier alpha value is -0.830. The van der Waals surface area contributed by atoms with E-state index in [4.69, 9.17) is 0 Å². The average molecular weight is 244 g/mol. The number of rotatable bonds is 3. The van der Waals surface area contributed by atoms with Gasteiger partial charge in [-0.1, -0.05) is 28.1 Å². The highest BCUT2D eigenvalue weighted by molar-refractivity contribution is 9.10. The van der Waals surface area contributed by atoms with Crippen LogP contribution in [-0.2, 0) is 0 Å². The van der Waals surface area contributed by atoms with E-state index in [0.717, 1.165) is 4.47 Å². The predicted octanol–water partition coefficient (Wildman–Crippen LogP) is 3.58. The minimum Gasteiger partial charge on any atom is -0.379 e. The third-order valence-corrected chi connectivity index (χ3v) is 2.07. The normalized spacial score (nSPS) is 10.7. The van der Waals surface area contributed by atoms with Gasteiger partial charge in [-0.3, -0.25) is 0 Å². The Bertz CT molecular complexity index is 310. The summed E-state index contributed by atoms with van der Waals surface area (Å²) >= 11 is 3.28. The summed E-state index contributed by atoms with van der Waals surface area (Å²) in [4.78, 5) is 0. The van der Waals surface area contributed by atoms with Crippen LogP contribution in [0.25, 0.3) is 0 Å². The third-order valence-electron chi connectivity index (χ3n) is 1.57. The molecule has 0 bridgehead atoms. The van der Waals surface area contributed by atoms with Crippen molar-refractivity contribution in [1.82, 2.24) is 0 Å². The first-order valence-electron chi connectivity index (χ1n) is 4.04. The Morgan fingerprint density at radius 1 is 1.54 bits per heavy atom. The summed E-state index contributed by atoms with van der Waals surface area (Å²) in [5, 5.41) is 2.96. The van der Waals surface area contributed by atoms with E-state index in [0.29, 0.717) is 12.2 Å². The van der Waals surface area contributed by atoms with Crippen molar-refractivity contribution in [3.63, 3.8) is 0 Å². The molecule has 1 N–H and O–H groups in total. The summed E-state index contributed by atoms with van der Waals surface area (Å²) in [7, 11) is 0. The largest absolute Gasteiger partial charge is 0.379 e. The fourth-order valence-corrected chi connectivity index (χ4v) is 1.28. The first-order valence-corrected chi connectivity index (χ1v) is 4.83. The standard InChI is InChI=1S/C10H11BrFN/c1-2-3-6-13-10-7-8(11)4-5-9(10)12/h2-5,7,13H,6H2,1H3/b3-2+. The van der Waals surface area contributed by atoms with Gasteiger partial charge in [0, 0.05) is 11.0 Å². The van der Waals surface area contributed by atoms with Crippen molar-refractivity contribution in [1.29, 1.82) is 0 Å². The summed E-state index contributed by atoms with van der Waals surface area (Å²) in [6.07, 6.45) is 3.85. The number of halogens is 2. The number of nitrogens with one attached hydrogen (secondary N) is 1. The highest BCUT2D eigenvalue weighted by Gasteiger charge is 1.99. The van der Waals surface area contributed by atoms with Gasteiger partial charge in [-0.2, -0.15) is 0 Å². The van der Waals surface area contributed by atoms with Crippen molar-refractivity contribution in [2.24, 2.45) is 0 Å². The van der Waals surface area contributed by atoms with Gasteiger partial charge < -0.3 is 5.32 Å². The first kappa shape index (κ1) is 10.3. The fraction of sp³-hybridized carbons (Fsp3) is 0.200. The molecule has 0 aliphatic heterocycles. The maximum absolute atomic E-state index is 13.1. The van der Waals surface area contributed by atoms with Crippen molar-refractivity contribution in [2.75, 3.05) is 11.9 Å². The Morgan fingerprint density at radius 2 is 2.31 bits per heavy atom. The van der Waals surface area contributed by atoms with E-state index in [1.165, 1.54) is 6.07 Å². The zero-order chi connectivity index (χ0) is 9.68. The van der Waals surface area contributed by atoms with Gasteiger partial charge in [0.15, 0.2) is 0 Å². The Balaban J connectivity index is 2.69. The Morgan fingerprint density at radius 3 is 3.00 bits per heavy atom. The number of benzene rings is 1. The van der Waals surface area contributed by atoms with Crippen molar-refractivity contribution in [2.45, 2.75) is 6.92 Å². The second-order valence-electron chi connectivity index (χ2n) is 2.57. The van der Waals surface area contributed by atoms with Crippen molar-refractivity contribution >= 4 is 21.6 Å². The van der Waals surface area contributed by atoms with Crippen molar-refractivity contribution in [3.05, 3.63) is 40.6 Å². The lowest BCUT2D eigenvalue weighted by Crippen LogP contribution is -2.00. The van der Waals surface area contributed by atoms with E-state index in [9.17, 15) is 4.39 Å². The van der Waals surface area contributed by atoms with E-state index in [1.54, 1.807) is 12.1 Å². The Kier molecular flexibility index (Phi) is 3.96. The monoisotopic (exact) mass is 243 g/mol. The van der Waals surface area contributed by atoms with Crippen LogP contribution in [0.15, 0.2) is 34.8 Å². The second-order valence-corrected chi connectivity index (χ2v) is 3.49. The van der Waals surface area contributed by atoms with Crippen LogP contribution >= 0.6 is 15.9 Å². The molecule has 3 heteroatoms. The summed E-state index contributed by atoms with van der Waals surface area (Å²) < 4.78 is 14.0. The van der Waals surface area contributed by atoms with Crippen LogP contribution in [0.2, 0.25) is 0 Å². The van der Waals surface area contributed by atoms with E-state index >= 15 is 0 Å². The number of anilines is 1. The summed E-state index contributed by atoms with van der Waals surface area (Å²) in [5.41, 5.74) is 0.521. The molecule has 0 aliphatic carbocycles. The molecule has 70 valence electrons. The molecular weight excluding hydrogens is 233 g/mol. The van der Waals surface area contributed by atoms with Crippen LogP contribution in [0.4, 0.5) is 10.1 Å². The molecule has 1 aromatic carbocycles. The predicted molar refractivity (Wildman–Crippen MR) is 57.4 cm³/mol. The molecule has 0 unspecified atom stereocenters. The van der Waals surface area contributed by atoms with E-state index in [-0.39, 0.29) is 5.82 Å². The number of allylic oxidation sites excluding steroid dienone is 1. The number of hydrogen-bond donors (Lipinski definition) is 1. The molecule has 0 aromatic heterocycles. The highest BCUT2D eigenvalue weighted by Crippen LogP contribution is 2.19. The quantitative estimate of drug-likeness (QED) is 0.801. The molecule has 1 rings (SSSR count). The van der Waals surface area contributed by atoms with Gasteiger partial charge >= 0.3 is 0 Å². The molecule has 0 amide bonds. The maximum Gasteiger partial charge on any atom is 0.146 e. The van der Waals surface area contributed by atoms with Crippen LogP contribution in [0, 0.1) is 5.82 Å². The molecule has 0 atom stereocenters. The molecule has 0 fully saturated rings. The SMILES string of the molecule is C/C=C/CNc1cc(Br)ccc1F. The van der Waals surface area contributed by atoms with Gasteiger partial charge in [0.05, 0.1) is 5.69 Å². The van der Waals surface area contributed by atoms with Gasteiger partial charge in [0.1, 0.15) is 5.82 Å². The topological polar surface area (TPSA) is 12.0 Å². The lowest BCUT2D eigenvalue weighted by atomic mass is 10.3. The van der Waals surface area contributed by atoms with Crippen LogP contribution in [0.5, 0.6) is 0 Å². The maximum atomic E-state index is 13.1. The molecule has 0 radical (unpaired) electrons.